The van der Waals surface area contributed by atoms with E-state index in [1.807, 2.05) is 30.3 Å². The molecule has 1 aromatic heterocycles. The molecule has 0 bridgehead atoms. The van der Waals surface area contributed by atoms with E-state index in [1.54, 1.807) is 25.3 Å². The van der Waals surface area contributed by atoms with Crippen LogP contribution in [0.15, 0.2) is 48.7 Å². The molecule has 0 amide bonds. The van der Waals surface area contributed by atoms with Gasteiger partial charge in [0.15, 0.2) is 0 Å². The SMILES string of the molecule is CCS(=O)(=O)Nc1ccc(NCc2ccccc2)cn1. The van der Waals surface area contributed by atoms with E-state index in [-0.39, 0.29) is 5.75 Å². The molecule has 106 valence electrons. The number of benzene rings is 1. The van der Waals surface area contributed by atoms with Crippen molar-refractivity contribution < 1.29 is 8.42 Å². The highest BCUT2D eigenvalue weighted by Gasteiger charge is 2.07. The first-order valence-corrected chi connectivity index (χ1v) is 7.98. The molecule has 0 spiro atoms. The lowest BCUT2D eigenvalue weighted by Gasteiger charge is -2.08. The average Bonchev–Trinajstić information content (AvgIpc) is 2.47. The number of anilines is 2. The fourth-order valence-electron chi connectivity index (χ4n) is 1.59. The first-order chi connectivity index (χ1) is 9.59. The summed E-state index contributed by atoms with van der Waals surface area (Å²) in [5.74, 6) is 0.361. The molecule has 0 fully saturated rings. The summed E-state index contributed by atoms with van der Waals surface area (Å²) in [6, 6.07) is 13.4. The molecule has 5 nitrogen and oxygen atoms in total. The van der Waals surface area contributed by atoms with E-state index >= 15 is 0 Å². The summed E-state index contributed by atoms with van der Waals surface area (Å²) < 4.78 is 25.2. The summed E-state index contributed by atoms with van der Waals surface area (Å²) >= 11 is 0. The third-order valence-electron chi connectivity index (χ3n) is 2.74. The van der Waals surface area contributed by atoms with E-state index in [1.165, 1.54) is 5.56 Å². The predicted octanol–water partition coefficient (Wildman–Crippen LogP) is 2.46. The van der Waals surface area contributed by atoms with Gasteiger partial charge >= 0.3 is 0 Å². The maximum atomic E-state index is 11.4. The van der Waals surface area contributed by atoms with Gasteiger partial charge in [-0.15, -0.1) is 0 Å². The van der Waals surface area contributed by atoms with Gasteiger partial charge in [0.2, 0.25) is 10.0 Å². The first kappa shape index (κ1) is 14.3. The highest BCUT2D eigenvalue weighted by Crippen LogP contribution is 2.12. The van der Waals surface area contributed by atoms with Crippen LogP contribution in [0.1, 0.15) is 12.5 Å². The molecular weight excluding hydrogens is 274 g/mol. The van der Waals surface area contributed by atoms with Crippen molar-refractivity contribution in [2.75, 3.05) is 15.8 Å². The molecule has 0 atom stereocenters. The molecule has 20 heavy (non-hydrogen) atoms. The van der Waals surface area contributed by atoms with Gasteiger partial charge in [-0.2, -0.15) is 0 Å². The maximum absolute atomic E-state index is 11.4. The summed E-state index contributed by atoms with van der Waals surface area (Å²) in [5, 5.41) is 3.23. The van der Waals surface area contributed by atoms with Gasteiger partial charge in [-0.3, -0.25) is 4.72 Å². The topological polar surface area (TPSA) is 71.1 Å². The molecule has 2 rings (SSSR count). The standard InChI is InChI=1S/C14H17N3O2S/c1-2-20(18,19)17-14-9-8-13(11-16-14)15-10-12-6-4-3-5-7-12/h3-9,11,15H,2,10H2,1H3,(H,16,17). The van der Waals surface area contributed by atoms with Crippen LogP contribution in [0.2, 0.25) is 0 Å². The van der Waals surface area contributed by atoms with Crippen molar-refractivity contribution in [2.24, 2.45) is 0 Å². The van der Waals surface area contributed by atoms with Gasteiger partial charge in [0.25, 0.3) is 0 Å². The second-order valence-electron chi connectivity index (χ2n) is 4.28. The fourth-order valence-corrected chi connectivity index (χ4v) is 2.17. The number of rotatable bonds is 6. The van der Waals surface area contributed by atoms with E-state index in [0.717, 1.165) is 5.69 Å². The Morgan fingerprint density at radius 1 is 1.10 bits per heavy atom. The summed E-state index contributed by atoms with van der Waals surface area (Å²) in [5.41, 5.74) is 2.01. The number of pyridine rings is 1. The van der Waals surface area contributed by atoms with Crippen molar-refractivity contribution in [3.05, 3.63) is 54.2 Å². The Kier molecular flexibility index (Phi) is 4.57. The summed E-state index contributed by atoms with van der Waals surface area (Å²) in [7, 11) is -3.27. The molecule has 0 radical (unpaired) electrons. The van der Waals surface area contributed by atoms with E-state index in [9.17, 15) is 8.42 Å². The molecule has 1 aromatic carbocycles. The lowest BCUT2D eigenvalue weighted by Crippen LogP contribution is -2.15. The number of nitrogens with zero attached hydrogens (tertiary/aromatic N) is 1. The third-order valence-corrected chi connectivity index (χ3v) is 4.02. The fraction of sp³-hybridized carbons (Fsp3) is 0.214. The molecule has 6 heteroatoms. The molecule has 0 saturated heterocycles. The van der Waals surface area contributed by atoms with Gasteiger partial charge in [0.05, 0.1) is 17.6 Å². The Hall–Kier alpha value is -2.08. The summed E-state index contributed by atoms with van der Waals surface area (Å²) in [4.78, 5) is 4.07. The minimum Gasteiger partial charge on any atom is -0.380 e. The van der Waals surface area contributed by atoms with Gasteiger partial charge in [0, 0.05) is 6.54 Å². The molecule has 0 aliphatic carbocycles. The molecule has 0 aliphatic rings. The highest BCUT2D eigenvalue weighted by atomic mass is 32.2. The van der Waals surface area contributed by atoms with Crippen LogP contribution < -0.4 is 10.0 Å². The second kappa shape index (κ2) is 6.38. The van der Waals surface area contributed by atoms with Crippen molar-refractivity contribution in [1.82, 2.24) is 4.98 Å². The van der Waals surface area contributed by atoms with Gasteiger partial charge in [-0.25, -0.2) is 13.4 Å². The Morgan fingerprint density at radius 2 is 1.85 bits per heavy atom. The number of nitrogens with one attached hydrogen (secondary N) is 2. The Labute approximate surface area is 119 Å². The summed E-state index contributed by atoms with van der Waals surface area (Å²) in [6.07, 6.45) is 1.61. The van der Waals surface area contributed by atoms with Crippen molar-refractivity contribution in [3.8, 4) is 0 Å². The lowest BCUT2D eigenvalue weighted by molar-refractivity contribution is 0.602. The molecule has 0 unspecified atom stereocenters. The van der Waals surface area contributed by atoms with Gasteiger partial charge in [0.1, 0.15) is 5.82 Å². The maximum Gasteiger partial charge on any atom is 0.233 e. The quantitative estimate of drug-likeness (QED) is 0.857. The Balaban J connectivity index is 1.95. The van der Waals surface area contributed by atoms with Crippen LogP contribution in [0, 0.1) is 0 Å². The Morgan fingerprint density at radius 3 is 2.45 bits per heavy atom. The zero-order chi connectivity index (χ0) is 14.4. The molecule has 2 N–H and O–H groups in total. The monoisotopic (exact) mass is 291 g/mol. The zero-order valence-electron chi connectivity index (χ0n) is 11.2. The summed E-state index contributed by atoms with van der Waals surface area (Å²) in [6.45, 7) is 2.28. The molecule has 0 aliphatic heterocycles. The van der Waals surface area contributed by atoms with E-state index in [4.69, 9.17) is 0 Å². The van der Waals surface area contributed by atoms with Crippen LogP contribution in [-0.4, -0.2) is 19.2 Å². The second-order valence-corrected chi connectivity index (χ2v) is 6.29. The minimum atomic E-state index is -3.27. The van der Waals surface area contributed by atoms with E-state index in [2.05, 4.69) is 15.0 Å². The van der Waals surface area contributed by atoms with Gasteiger partial charge < -0.3 is 5.32 Å². The van der Waals surface area contributed by atoms with Crippen LogP contribution in [-0.2, 0) is 16.6 Å². The Bertz CT molecular complexity index is 640. The molecule has 0 saturated carbocycles. The van der Waals surface area contributed by atoms with Gasteiger partial charge in [-0.05, 0) is 24.6 Å². The normalized spacial score (nSPS) is 11.1. The highest BCUT2D eigenvalue weighted by molar-refractivity contribution is 7.92. The van der Waals surface area contributed by atoms with Crippen molar-refractivity contribution in [2.45, 2.75) is 13.5 Å². The van der Waals surface area contributed by atoms with Crippen molar-refractivity contribution in [3.63, 3.8) is 0 Å². The van der Waals surface area contributed by atoms with Crippen LogP contribution >= 0.6 is 0 Å². The largest absolute Gasteiger partial charge is 0.380 e. The van der Waals surface area contributed by atoms with Crippen molar-refractivity contribution in [1.29, 1.82) is 0 Å². The molecule has 2 aromatic rings. The van der Waals surface area contributed by atoms with E-state index in [0.29, 0.717) is 12.4 Å². The number of aromatic nitrogens is 1. The lowest BCUT2D eigenvalue weighted by atomic mass is 10.2. The first-order valence-electron chi connectivity index (χ1n) is 6.33. The van der Waals surface area contributed by atoms with Crippen molar-refractivity contribution >= 4 is 21.5 Å². The number of sulfonamides is 1. The number of hydrogen-bond acceptors (Lipinski definition) is 4. The van der Waals surface area contributed by atoms with Crippen LogP contribution in [0.4, 0.5) is 11.5 Å². The van der Waals surface area contributed by atoms with E-state index < -0.39 is 10.0 Å². The van der Waals surface area contributed by atoms with Gasteiger partial charge in [-0.1, -0.05) is 30.3 Å². The van der Waals surface area contributed by atoms with Crippen LogP contribution in [0.5, 0.6) is 0 Å². The minimum absolute atomic E-state index is 0.0304. The molecule has 1 heterocycles. The predicted molar refractivity (Wildman–Crippen MR) is 81.1 cm³/mol. The zero-order valence-corrected chi connectivity index (χ0v) is 12.0. The van der Waals surface area contributed by atoms with Crippen LogP contribution in [0.25, 0.3) is 0 Å². The average molecular weight is 291 g/mol. The van der Waals surface area contributed by atoms with Crippen LogP contribution in [0.3, 0.4) is 0 Å². The third kappa shape index (κ3) is 4.24. The molecular formula is C14H17N3O2S. The number of hydrogen-bond donors (Lipinski definition) is 2. The smallest absolute Gasteiger partial charge is 0.233 e.